The largest absolute Gasteiger partial charge is 0.355 e. The third-order valence-electron chi connectivity index (χ3n) is 4.44. The van der Waals surface area contributed by atoms with Gasteiger partial charge >= 0.3 is 0 Å². The van der Waals surface area contributed by atoms with Gasteiger partial charge in [-0.2, -0.15) is 0 Å². The molecule has 0 aliphatic carbocycles. The van der Waals surface area contributed by atoms with E-state index in [0.717, 1.165) is 29.8 Å². The minimum atomic E-state index is -0.0965. The second kappa shape index (κ2) is 10.9. The summed E-state index contributed by atoms with van der Waals surface area (Å²) in [6.07, 6.45) is 2.37. The Morgan fingerprint density at radius 2 is 2.08 bits per heavy atom. The van der Waals surface area contributed by atoms with Gasteiger partial charge in [0.15, 0.2) is 0 Å². The van der Waals surface area contributed by atoms with Crippen LogP contribution in [0.25, 0.3) is 0 Å². The van der Waals surface area contributed by atoms with Gasteiger partial charge in [-0.05, 0) is 57.4 Å². The van der Waals surface area contributed by atoms with E-state index in [0.29, 0.717) is 17.7 Å². The Hall–Kier alpha value is -1.05. The first kappa shape index (κ1) is 21.3. The Balaban J connectivity index is 1.60. The lowest BCUT2D eigenvalue weighted by Crippen LogP contribution is -2.44. The molecule has 1 heterocycles. The summed E-state index contributed by atoms with van der Waals surface area (Å²) in [6, 6.07) is 8.02. The van der Waals surface area contributed by atoms with Gasteiger partial charge < -0.3 is 15.5 Å². The Morgan fingerprint density at radius 1 is 1.31 bits per heavy atom. The summed E-state index contributed by atoms with van der Waals surface area (Å²) in [5.41, 5.74) is 0.751. The number of amides is 2. The molecule has 0 spiro atoms. The number of nitrogens with zero attached hydrogens (tertiary/aromatic N) is 1. The molecule has 0 aromatic heterocycles. The molecule has 144 valence electrons. The Morgan fingerprint density at radius 3 is 2.81 bits per heavy atom. The summed E-state index contributed by atoms with van der Waals surface area (Å²) in [4.78, 5) is 26.4. The lowest BCUT2D eigenvalue weighted by atomic mass is 9.97. The van der Waals surface area contributed by atoms with Crippen molar-refractivity contribution in [2.75, 3.05) is 36.5 Å². The molecule has 1 fully saturated rings. The number of anilines is 1. The monoisotopic (exact) mass is 441 g/mol. The molecule has 1 aliphatic rings. The van der Waals surface area contributed by atoms with E-state index in [2.05, 4.69) is 45.3 Å². The molecule has 0 saturated carbocycles. The van der Waals surface area contributed by atoms with E-state index >= 15 is 0 Å². The summed E-state index contributed by atoms with van der Waals surface area (Å²) in [7, 11) is 0. The van der Waals surface area contributed by atoms with Gasteiger partial charge in [0.1, 0.15) is 0 Å². The highest BCUT2D eigenvalue weighted by Gasteiger charge is 2.21. The van der Waals surface area contributed by atoms with Gasteiger partial charge in [-0.3, -0.25) is 9.59 Å². The molecular weight excluding hydrogens is 414 g/mol. The van der Waals surface area contributed by atoms with E-state index < -0.39 is 0 Å². The number of piperidine rings is 1. The van der Waals surface area contributed by atoms with Gasteiger partial charge in [0, 0.05) is 29.3 Å². The predicted molar refractivity (Wildman–Crippen MR) is 113 cm³/mol. The number of benzene rings is 1. The zero-order valence-corrected chi connectivity index (χ0v) is 17.9. The molecule has 2 rings (SSSR count). The summed E-state index contributed by atoms with van der Waals surface area (Å²) in [5, 5.41) is 5.85. The smallest absolute Gasteiger partial charge is 0.234 e. The topological polar surface area (TPSA) is 61.4 Å². The summed E-state index contributed by atoms with van der Waals surface area (Å²) in [5.74, 6) is 1.02. The van der Waals surface area contributed by atoms with Crippen molar-refractivity contribution >= 4 is 45.2 Å². The van der Waals surface area contributed by atoms with Gasteiger partial charge in [-0.25, -0.2) is 0 Å². The van der Waals surface area contributed by atoms with Crippen molar-refractivity contribution in [2.24, 2.45) is 5.92 Å². The van der Waals surface area contributed by atoms with E-state index in [4.69, 9.17) is 0 Å². The first-order valence-electron chi connectivity index (χ1n) is 9.08. The van der Waals surface area contributed by atoms with Crippen molar-refractivity contribution < 1.29 is 9.59 Å². The maximum atomic E-state index is 12.0. The van der Waals surface area contributed by atoms with Crippen molar-refractivity contribution in [2.45, 2.75) is 32.7 Å². The van der Waals surface area contributed by atoms with Crippen LogP contribution in [0.2, 0.25) is 0 Å². The molecule has 7 heteroatoms. The zero-order chi connectivity index (χ0) is 18.9. The third kappa shape index (κ3) is 7.68. The lowest BCUT2D eigenvalue weighted by Gasteiger charge is -2.35. The van der Waals surface area contributed by atoms with Crippen molar-refractivity contribution in [1.29, 1.82) is 0 Å². The third-order valence-corrected chi connectivity index (χ3v) is 5.87. The highest BCUT2D eigenvalue weighted by Crippen LogP contribution is 2.18. The zero-order valence-electron chi connectivity index (χ0n) is 15.5. The molecule has 2 N–H and O–H groups in total. The van der Waals surface area contributed by atoms with Crippen LogP contribution in [0.5, 0.6) is 0 Å². The molecular formula is C19H28BrN3O2S. The quantitative estimate of drug-likeness (QED) is 0.648. The van der Waals surface area contributed by atoms with Crippen LogP contribution >= 0.6 is 27.7 Å². The Bertz CT molecular complexity index is 612. The number of nitrogens with one attached hydrogen (secondary N) is 2. The molecule has 5 nitrogen and oxygen atoms in total. The summed E-state index contributed by atoms with van der Waals surface area (Å²) in [6.45, 7) is 7.38. The van der Waals surface area contributed by atoms with Crippen molar-refractivity contribution in [1.82, 2.24) is 10.2 Å². The maximum Gasteiger partial charge on any atom is 0.234 e. The molecule has 1 atom stereocenters. The fraction of sp³-hybridized carbons (Fsp3) is 0.579. The minimum absolute atomic E-state index is 0.00641. The van der Waals surface area contributed by atoms with Crippen LogP contribution in [0.4, 0.5) is 5.69 Å². The van der Waals surface area contributed by atoms with Crippen LogP contribution in [0.1, 0.15) is 26.7 Å². The van der Waals surface area contributed by atoms with Crippen LogP contribution < -0.4 is 10.6 Å². The molecule has 1 aromatic carbocycles. The van der Waals surface area contributed by atoms with E-state index in [1.54, 1.807) is 0 Å². The SMILES string of the molecule is CC(C)N1CCCC(CNC(=O)CSCC(=O)Nc2cccc(Br)c2)C1. The van der Waals surface area contributed by atoms with Crippen molar-refractivity contribution in [3.05, 3.63) is 28.7 Å². The fourth-order valence-electron chi connectivity index (χ4n) is 3.04. The van der Waals surface area contributed by atoms with Gasteiger partial charge in [0.05, 0.1) is 11.5 Å². The maximum absolute atomic E-state index is 12.0. The molecule has 0 bridgehead atoms. The summed E-state index contributed by atoms with van der Waals surface area (Å²) >= 11 is 4.71. The molecule has 26 heavy (non-hydrogen) atoms. The van der Waals surface area contributed by atoms with Crippen LogP contribution in [-0.4, -0.2) is 53.9 Å². The number of carbonyl (C=O) groups is 2. The molecule has 1 aromatic rings. The second-order valence-corrected chi connectivity index (χ2v) is 8.85. The summed E-state index contributed by atoms with van der Waals surface area (Å²) < 4.78 is 0.918. The number of carbonyl (C=O) groups excluding carboxylic acids is 2. The average Bonchev–Trinajstić information content (AvgIpc) is 2.60. The first-order chi connectivity index (χ1) is 12.4. The molecule has 1 unspecified atom stereocenters. The molecule has 2 amide bonds. The van der Waals surface area contributed by atoms with Gasteiger partial charge in [0.2, 0.25) is 11.8 Å². The highest BCUT2D eigenvalue weighted by molar-refractivity contribution is 9.10. The fourth-order valence-corrected chi connectivity index (χ4v) is 4.09. The van der Waals surface area contributed by atoms with Crippen LogP contribution in [0, 0.1) is 5.92 Å². The number of hydrogen-bond donors (Lipinski definition) is 2. The molecule has 0 radical (unpaired) electrons. The Labute approximate surface area is 168 Å². The Kier molecular flexibility index (Phi) is 8.95. The second-order valence-electron chi connectivity index (χ2n) is 6.95. The van der Waals surface area contributed by atoms with Gasteiger partial charge in [0.25, 0.3) is 0 Å². The average molecular weight is 442 g/mol. The van der Waals surface area contributed by atoms with Gasteiger partial charge in [-0.15, -0.1) is 11.8 Å². The predicted octanol–water partition coefficient (Wildman–Crippen LogP) is 3.36. The normalized spacial score (nSPS) is 17.9. The number of halogens is 1. The highest BCUT2D eigenvalue weighted by atomic mass is 79.9. The number of rotatable bonds is 8. The van der Waals surface area contributed by atoms with Crippen molar-refractivity contribution in [3.8, 4) is 0 Å². The minimum Gasteiger partial charge on any atom is -0.355 e. The van der Waals surface area contributed by atoms with Crippen LogP contribution in [-0.2, 0) is 9.59 Å². The van der Waals surface area contributed by atoms with E-state index in [9.17, 15) is 9.59 Å². The number of thioether (sulfide) groups is 1. The van der Waals surface area contributed by atoms with Crippen LogP contribution in [0.3, 0.4) is 0 Å². The molecule has 1 saturated heterocycles. The number of hydrogen-bond acceptors (Lipinski definition) is 4. The van der Waals surface area contributed by atoms with Crippen LogP contribution in [0.15, 0.2) is 28.7 Å². The molecule has 1 aliphatic heterocycles. The van der Waals surface area contributed by atoms with Crippen molar-refractivity contribution in [3.63, 3.8) is 0 Å². The van der Waals surface area contributed by atoms with Gasteiger partial charge in [-0.1, -0.05) is 22.0 Å². The van der Waals surface area contributed by atoms with E-state index in [-0.39, 0.29) is 17.6 Å². The van der Waals surface area contributed by atoms with E-state index in [1.807, 2.05) is 24.3 Å². The lowest BCUT2D eigenvalue weighted by molar-refractivity contribution is -0.118. The standard InChI is InChI=1S/C19H28BrN3O2S/c1-14(2)23-8-4-5-15(11-23)10-21-18(24)12-26-13-19(25)22-17-7-3-6-16(20)9-17/h3,6-7,9,14-15H,4-5,8,10-13H2,1-2H3,(H,21,24)(H,22,25). The first-order valence-corrected chi connectivity index (χ1v) is 11.0. The number of likely N-dealkylation sites (tertiary alicyclic amines) is 1. The van der Waals surface area contributed by atoms with E-state index in [1.165, 1.54) is 24.6 Å².